The molecular formula is C15H13Cl2NO4S. The number of rotatable bonds is 5. The van der Waals surface area contributed by atoms with E-state index in [0.717, 1.165) is 0 Å². The number of hydrogen-bond acceptors (Lipinski definition) is 4. The van der Waals surface area contributed by atoms with Gasteiger partial charge in [-0.3, -0.25) is 4.72 Å². The van der Waals surface area contributed by atoms with E-state index in [1.165, 1.54) is 36.4 Å². The van der Waals surface area contributed by atoms with Gasteiger partial charge in [-0.1, -0.05) is 29.3 Å². The van der Waals surface area contributed by atoms with Crippen LogP contribution in [0.5, 0.6) is 0 Å². The van der Waals surface area contributed by atoms with Crippen LogP contribution in [0.15, 0.2) is 47.4 Å². The van der Waals surface area contributed by atoms with E-state index in [-0.39, 0.29) is 27.2 Å². The van der Waals surface area contributed by atoms with Crippen molar-refractivity contribution in [3.05, 3.63) is 58.1 Å². The third kappa shape index (κ3) is 4.16. The Hall–Kier alpha value is -1.76. The molecule has 2 aromatic carbocycles. The Bertz CT molecular complexity index is 800. The van der Waals surface area contributed by atoms with Crippen molar-refractivity contribution < 1.29 is 17.9 Å². The highest BCUT2D eigenvalue weighted by Gasteiger charge is 2.21. The highest BCUT2D eigenvalue weighted by Crippen LogP contribution is 2.30. The number of nitrogens with one attached hydrogen (secondary N) is 1. The Labute approximate surface area is 144 Å². The zero-order valence-electron chi connectivity index (χ0n) is 12.0. The number of carbonyl (C=O) groups is 1. The highest BCUT2D eigenvalue weighted by atomic mass is 35.5. The molecule has 2 aromatic rings. The van der Waals surface area contributed by atoms with E-state index >= 15 is 0 Å². The molecule has 0 saturated carbocycles. The number of anilines is 1. The lowest BCUT2D eigenvalue weighted by Crippen LogP contribution is -2.14. The highest BCUT2D eigenvalue weighted by molar-refractivity contribution is 7.93. The Morgan fingerprint density at radius 2 is 1.65 bits per heavy atom. The summed E-state index contributed by atoms with van der Waals surface area (Å²) in [5.41, 5.74) is 0.597. The number of halogens is 2. The molecule has 5 nitrogen and oxygen atoms in total. The van der Waals surface area contributed by atoms with Gasteiger partial charge >= 0.3 is 5.97 Å². The quantitative estimate of drug-likeness (QED) is 0.804. The van der Waals surface area contributed by atoms with Crippen LogP contribution in [0.25, 0.3) is 0 Å². The maximum absolute atomic E-state index is 12.4. The first-order valence-corrected chi connectivity index (χ1v) is 8.83. The summed E-state index contributed by atoms with van der Waals surface area (Å²) in [7, 11) is -3.95. The van der Waals surface area contributed by atoms with Crippen molar-refractivity contribution in [3.8, 4) is 0 Å². The van der Waals surface area contributed by atoms with Crippen LogP contribution in [0.1, 0.15) is 17.3 Å². The molecule has 0 aliphatic rings. The zero-order chi connectivity index (χ0) is 17.0. The molecule has 8 heteroatoms. The number of carbonyl (C=O) groups excluding carboxylic acids is 1. The number of benzene rings is 2. The monoisotopic (exact) mass is 373 g/mol. The van der Waals surface area contributed by atoms with E-state index in [9.17, 15) is 13.2 Å². The summed E-state index contributed by atoms with van der Waals surface area (Å²) in [5, 5.41) is 0.0429. The summed E-state index contributed by atoms with van der Waals surface area (Å²) in [5.74, 6) is -0.476. The molecule has 23 heavy (non-hydrogen) atoms. The summed E-state index contributed by atoms with van der Waals surface area (Å²) >= 11 is 11.8. The van der Waals surface area contributed by atoms with Crippen molar-refractivity contribution in [2.75, 3.05) is 11.3 Å². The first-order chi connectivity index (χ1) is 10.8. The lowest BCUT2D eigenvalue weighted by atomic mass is 10.2. The van der Waals surface area contributed by atoms with Gasteiger partial charge in [0.1, 0.15) is 4.90 Å². The van der Waals surface area contributed by atoms with Crippen LogP contribution in [0, 0.1) is 0 Å². The van der Waals surface area contributed by atoms with Gasteiger partial charge in [-0.25, -0.2) is 13.2 Å². The number of ether oxygens (including phenoxy) is 1. The van der Waals surface area contributed by atoms with Gasteiger partial charge in [0.2, 0.25) is 0 Å². The van der Waals surface area contributed by atoms with Crippen LogP contribution >= 0.6 is 23.2 Å². The SMILES string of the molecule is CCOC(=O)c1ccc(NS(=O)(=O)c2c(Cl)cccc2Cl)cc1. The molecular weight excluding hydrogens is 361 g/mol. The van der Waals surface area contributed by atoms with Crippen LogP contribution in [0.4, 0.5) is 5.69 Å². The Morgan fingerprint density at radius 3 is 2.17 bits per heavy atom. The molecule has 0 radical (unpaired) electrons. The van der Waals surface area contributed by atoms with Crippen LogP contribution in [-0.4, -0.2) is 21.0 Å². The van der Waals surface area contributed by atoms with E-state index in [4.69, 9.17) is 27.9 Å². The van der Waals surface area contributed by atoms with Gasteiger partial charge in [0.25, 0.3) is 10.0 Å². The van der Waals surface area contributed by atoms with Gasteiger partial charge in [-0.2, -0.15) is 0 Å². The molecule has 0 fully saturated rings. The Kier molecular flexibility index (Phi) is 5.51. The first kappa shape index (κ1) is 17.6. The minimum atomic E-state index is -3.95. The fourth-order valence-corrected chi connectivity index (χ4v) is 4.04. The van der Waals surface area contributed by atoms with Crippen molar-refractivity contribution in [1.82, 2.24) is 0 Å². The largest absolute Gasteiger partial charge is 0.462 e. The fourth-order valence-electron chi connectivity index (χ4n) is 1.83. The average molecular weight is 374 g/mol. The summed E-state index contributed by atoms with van der Waals surface area (Å²) in [6, 6.07) is 10.3. The fraction of sp³-hybridized carbons (Fsp3) is 0.133. The predicted molar refractivity (Wildman–Crippen MR) is 89.7 cm³/mol. The maximum atomic E-state index is 12.4. The van der Waals surface area contributed by atoms with E-state index in [1.54, 1.807) is 13.0 Å². The second-order valence-electron chi connectivity index (χ2n) is 4.45. The standard InChI is InChI=1S/C15H13Cl2NO4S/c1-2-22-15(19)10-6-8-11(9-7-10)18-23(20,21)14-12(16)4-3-5-13(14)17/h3-9,18H,2H2,1H3. The molecule has 0 amide bonds. The lowest BCUT2D eigenvalue weighted by molar-refractivity contribution is 0.0526. The molecule has 0 unspecified atom stereocenters. The predicted octanol–water partition coefficient (Wildman–Crippen LogP) is 3.97. The minimum absolute atomic E-state index is 0.0214. The van der Waals surface area contributed by atoms with Gasteiger partial charge in [-0.15, -0.1) is 0 Å². The molecule has 0 atom stereocenters. The second-order valence-corrected chi connectivity index (χ2v) is 6.89. The van der Waals surface area contributed by atoms with Crippen molar-refractivity contribution in [3.63, 3.8) is 0 Å². The van der Waals surface area contributed by atoms with E-state index in [0.29, 0.717) is 5.56 Å². The van der Waals surface area contributed by atoms with Gasteiger partial charge in [0.05, 0.1) is 22.2 Å². The van der Waals surface area contributed by atoms with E-state index < -0.39 is 16.0 Å². The van der Waals surface area contributed by atoms with Gasteiger partial charge < -0.3 is 4.74 Å². The summed E-state index contributed by atoms with van der Waals surface area (Å²) in [4.78, 5) is 11.4. The van der Waals surface area contributed by atoms with Gasteiger partial charge in [0, 0.05) is 5.69 Å². The van der Waals surface area contributed by atoms with Crippen LogP contribution in [0.2, 0.25) is 10.0 Å². The van der Waals surface area contributed by atoms with Gasteiger partial charge in [-0.05, 0) is 43.3 Å². The third-order valence-corrected chi connectivity index (χ3v) is 5.17. The first-order valence-electron chi connectivity index (χ1n) is 6.59. The molecule has 122 valence electrons. The number of esters is 1. The molecule has 0 bridgehead atoms. The molecule has 0 saturated heterocycles. The molecule has 0 aromatic heterocycles. The minimum Gasteiger partial charge on any atom is -0.462 e. The van der Waals surface area contributed by atoms with Gasteiger partial charge in [0.15, 0.2) is 0 Å². The van der Waals surface area contributed by atoms with Crippen molar-refractivity contribution >= 4 is 44.9 Å². The van der Waals surface area contributed by atoms with Crippen molar-refractivity contribution in [2.45, 2.75) is 11.8 Å². The van der Waals surface area contributed by atoms with Crippen LogP contribution < -0.4 is 4.72 Å². The molecule has 0 heterocycles. The molecule has 0 aliphatic heterocycles. The van der Waals surface area contributed by atoms with E-state index in [1.807, 2.05) is 0 Å². The van der Waals surface area contributed by atoms with Crippen LogP contribution in [0.3, 0.4) is 0 Å². The second kappa shape index (κ2) is 7.21. The number of hydrogen-bond donors (Lipinski definition) is 1. The summed E-state index contributed by atoms with van der Waals surface area (Å²) in [6.07, 6.45) is 0. The maximum Gasteiger partial charge on any atom is 0.338 e. The average Bonchev–Trinajstić information content (AvgIpc) is 2.47. The Morgan fingerprint density at radius 1 is 1.09 bits per heavy atom. The topological polar surface area (TPSA) is 72.5 Å². The Balaban J connectivity index is 2.26. The van der Waals surface area contributed by atoms with Crippen LogP contribution in [-0.2, 0) is 14.8 Å². The summed E-state index contributed by atoms with van der Waals surface area (Å²) < 4.78 is 32.0. The molecule has 0 spiro atoms. The molecule has 0 aliphatic carbocycles. The third-order valence-electron chi connectivity index (χ3n) is 2.84. The normalized spacial score (nSPS) is 11.1. The van der Waals surface area contributed by atoms with E-state index in [2.05, 4.69) is 4.72 Å². The smallest absolute Gasteiger partial charge is 0.338 e. The molecule has 2 rings (SSSR count). The van der Waals surface area contributed by atoms with Crippen molar-refractivity contribution in [2.24, 2.45) is 0 Å². The molecule has 1 N–H and O–H groups in total. The lowest BCUT2D eigenvalue weighted by Gasteiger charge is -2.11. The number of sulfonamides is 1. The summed E-state index contributed by atoms with van der Waals surface area (Å²) in [6.45, 7) is 1.96. The zero-order valence-corrected chi connectivity index (χ0v) is 14.4. The van der Waals surface area contributed by atoms with Crippen molar-refractivity contribution in [1.29, 1.82) is 0 Å².